The van der Waals surface area contributed by atoms with Gasteiger partial charge in [0.05, 0.1) is 18.4 Å². The summed E-state index contributed by atoms with van der Waals surface area (Å²) in [6.45, 7) is 5.82. The Kier molecular flexibility index (Phi) is 4.33. The number of benzene rings is 1. The van der Waals surface area contributed by atoms with Crippen LogP contribution >= 0.6 is 0 Å². The third kappa shape index (κ3) is 2.41. The zero-order valence-corrected chi connectivity index (χ0v) is 14.3. The Labute approximate surface area is 138 Å². The summed E-state index contributed by atoms with van der Waals surface area (Å²) in [6.07, 6.45) is 4.09. The molecule has 0 bridgehead atoms. The van der Waals surface area contributed by atoms with E-state index < -0.39 is 0 Å². The van der Waals surface area contributed by atoms with Crippen molar-refractivity contribution in [3.8, 4) is 5.75 Å². The van der Waals surface area contributed by atoms with Crippen molar-refractivity contribution in [3.05, 3.63) is 34.9 Å². The Bertz CT molecular complexity index is 643. The van der Waals surface area contributed by atoms with Crippen molar-refractivity contribution in [2.75, 3.05) is 20.2 Å². The summed E-state index contributed by atoms with van der Waals surface area (Å²) in [4.78, 5) is 12.8. The third-order valence-corrected chi connectivity index (χ3v) is 5.03. The largest absolute Gasteiger partial charge is 0.497 e. The van der Waals surface area contributed by atoms with Crippen molar-refractivity contribution in [3.63, 3.8) is 0 Å². The maximum Gasteiger partial charge on any atom is 0.250 e. The van der Waals surface area contributed by atoms with Gasteiger partial charge in [0.2, 0.25) is 5.91 Å². The Balaban J connectivity index is 2.25. The van der Waals surface area contributed by atoms with E-state index in [9.17, 15) is 4.79 Å². The van der Waals surface area contributed by atoms with Gasteiger partial charge in [0, 0.05) is 24.1 Å². The molecule has 124 valence electrons. The average molecular weight is 314 g/mol. The molecule has 4 heteroatoms. The van der Waals surface area contributed by atoms with E-state index in [4.69, 9.17) is 4.74 Å². The van der Waals surface area contributed by atoms with Crippen LogP contribution in [0.2, 0.25) is 0 Å². The monoisotopic (exact) mass is 314 g/mol. The fraction of sp³-hybridized carbons (Fsp3) is 0.526. The molecule has 3 rings (SSSR count). The van der Waals surface area contributed by atoms with E-state index in [1.54, 1.807) is 7.11 Å². The van der Waals surface area contributed by atoms with E-state index >= 15 is 0 Å². The topological polar surface area (TPSA) is 50.4 Å². The van der Waals surface area contributed by atoms with Crippen molar-refractivity contribution in [2.45, 2.75) is 44.9 Å². The minimum atomic E-state index is -0.179. The highest BCUT2D eigenvalue weighted by atomic mass is 16.5. The van der Waals surface area contributed by atoms with Crippen molar-refractivity contribution in [2.24, 2.45) is 0 Å². The molecule has 1 aliphatic carbocycles. The van der Waals surface area contributed by atoms with Gasteiger partial charge in [-0.3, -0.25) is 4.79 Å². The second kappa shape index (κ2) is 6.26. The predicted molar refractivity (Wildman–Crippen MR) is 92.4 cm³/mol. The van der Waals surface area contributed by atoms with Gasteiger partial charge < -0.3 is 15.4 Å². The molecule has 0 atom stereocenters. The SMILES string of the molecule is CCCC1(CCC)C2=C(NCCNC2=O)c2cc(OC)ccc21. The Morgan fingerprint density at radius 2 is 1.83 bits per heavy atom. The summed E-state index contributed by atoms with van der Waals surface area (Å²) in [7, 11) is 1.69. The van der Waals surface area contributed by atoms with Crippen LogP contribution in [0.15, 0.2) is 23.8 Å². The molecule has 1 heterocycles. The van der Waals surface area contributed by atoms with Crippen LogP contribution in [0.5, 0.6) is 5.75 Å². The lowest BCUT2D eigenvalue weighted by molar-refractivity contribution is -0.118. The number of nitrogens with one attached hydrogen (secondary N) is 2. The van der Waals surface area contributed by atoms with Crippen LogP contribution in [-0.2, 0) is 10.2 Å². The van der Waals surface area contributed by atoms with Crippen molar-refractivity contribution in [1.29, 1.82) is 0 Å². The van der Waals surface area contributed by atoms with Crippen LogP contribution in [0, 0.1) is 0 Å². The highest BCUT2D eigenvalue weighted by molar-refractivity contribution is 6.07. The maximum absolute atomic E-state index is 12.8. The molecule has 2 aliphatic rings. The number of carbonyl (C=O) groups is 1. The van der Waals surface area contributed by atoms with Gasteiger partial charge in [-0.05, 0) is 30.5 Å². The van der Waals surface area contributed by atoms with Crippen LogP contribution < -0.4 is 15.4 Å². The van der Waals surface area contributed by atoms with Crippen LogP contribution in [0.4, 0.5) is 0 Å². The van der Waals surface area contributed by atoms with Crippen LogP contribution in [0.25, 0.3) is 5.70 Å². The molecule has 1 amide bonds. The van der Waals surface area contributed by atoms with E-state index in [1.807, 2.05) is 6.07 Å². The quantitative estimate of drug-likeness (QED) is 0.878. The third-order valence-electron chi connectivity index (χ3n) is 5.03. The lowest BCUT2D eigenvalue weighted by Crippen LogP contribution is -2.36. The fourth-order valence-corrected chi connectivity index (χ4v) is 4.25. The summed E-state index contributed by atoms with van der Waals surface area (Å²) in [5.41, 5.74) is 4.18. The highest BCUT2D eigenvalue weighted by Crippen LogP contribution is 2.52. The summed E-state index contributed by atoms with van der Waals surface area (Å²) in [6, 6.07) is 6.25. The molecule has 0 saturated heterocycles. The number of hydrogen-bond donors (Lipinski definition) is 2. The lowest BCUT2D eigenvalue weighted by Gasteiger charge is -2.33. The van der Waals surface area contributed by atoms with Gasteiger partial charge >= 0.3 is 0 Å². The lowest BCUT2D eigenvalue weighted by atomic mass is 9.70. The van der Waals surface area contributed by atoms with Crippen LogP contribution in [0.3, 0.4) is 0 Å². The molecule has 1 aromatic carbocycles. The van der Waals surface area contributed by atoms with Gasteiger partial charge in [0.15, 0.2) is 0 Å². The minimum Gasteiger partial charge on any atom is -0.497 e. The molecule has 0 radical (unpaired) electrons. The molecule has 0 unspecified atom stereocenters. The van der Waals surface area contributed by atoms with Crippen LogP contribution in [-0.4, -0.2) is 26.1 Å². The van der Waals surface area contributed by atoms with Gasteiger partial charge in [-0.2, -0.15) is 0 Å². The number of fused-ring (bicyclic) bond motifs is 2. The predicted octanol–water partition coefficient (Wildman–Crippen LogP) is 2.98. The van der Waals surface area contributed by atoms with Crippen molar-refractivity contribution < 1.29 is 9.53 Å². The molecule has 4 nitrogen and oxygen atoms in total. The number of carbonyl (C=O) groups excluding carboxylic acids is 1. The maximum atomic E-state index is 12.8. The number of hydrogen-bond acceptors (Lipinski definition) is 3. The number of amides is 1. The van der Waals surface area contributed by atoms with E-state index in [1.165, 1.54) is 5.56 Å². The first kappa shape index (κ1) is 15.9. The van der Waals surface area contributed by atoms with E-state index in [0.29, 0.717) is 6.54 Å². The Hall–Kier alpha value is -1.97. The Morgan fingerprint density at radius 3 is 2.48 bits per heavy atom. The van der Waals surface area contributed by atoms with Gasteiger partial charge in [0.1, 0.15) is 5.75 Å². The number of ether oxygens (including phenoxy) is 1. The molecule has 0 saturated carbocycles. The van der Waals surface area contributed by atoms with E-state index in [0.717, 1.165) is 54.8 Å². The number of rotatable bonds is 5. The summed E-state index contributed by atoms with van der Waals surface area (Å²) < 4.78 is 5.41. The fourth-order valence-electron chi connectivity index (χ4n) is 4.25. The molecule has 23 heavy (non-hydrogen) atoms. The zero-order chi connectivity index (χ0) is 16.4. The van der Waals surface area contributed by atoms with Gasteiger partial charge in [-0.1, -0.05) is 32.8 Å². The summed E-state index contributed by atoms with van der Waals surface area (Å²) in [5.74, 6) is 0.924. The first-order valence-electron chi connectivity index (χ1n) is 8.63. The molecule has 0 spiro atoms. The Morgan fingerprint density at radius 1 is 1.13 bits per heavy atom. The molecular weight excluding hydrogens is 288 g/mol. The molecule has 0 aromatic heterocycles. The molecule has 1 aromatic rings. The van der Waals surface area contributed by atoms with Gasteiger partial charge in [-0.25, -0.2) is 0 Å². The second-order valence-electron chi connectivity index (χ2n) is 6.43. The molecule has 1 aliphatic heterocycles. The molecular formula is C19H26N2O2. The van der Waals surface area contributed by atoms with E-state index in [2.05, 4.69) is 36.6 Å². The summed E-state index contributed by atoms with van der Waals surface area (Å²) in [5, 5.41) is 6.55. The normalized spacial score (nSPS) is 18.7. The van der Waals surface area contributed by atoms with Crippen molar-refractivity contribution in [1.82, 2.24) is 10.6 Å². The second-order valence-corrected chi connectivity index (χ2v) is 6.43. The summed E-state index contributed by atoms with van der Waals surface area (Å²) >= 11 is 0. The first-order valence-corrected chi connectivity index (χ1v) is 8.63. The highest BCUT2D eigenvalue weighted by Gasteiger charge is 2.47. The number of methoxy groups -OCH3 is 1. The standard InChI is InChI=1S/C19H26N2O2/c1-4-8-19(9-5-2)15-7-6-13(23-3)12-14(15)17-16(19)18(22)21-11-10-20-17/h6-7,12,20H,4-5,8-11H2,1-3H3,(H,21,22). The minimum absolute atomic E-state index is 0.0852. The first-order chi connectivity index (χ1) is 11.2. The van der Waals surface area contributed by atoms with Crippen LogP contribution in [0.1, 0.15) is 50.7 Å². The van der Waals surface area contributed by atoms with Crippen molar-refractivity contribution >= 4 is 11.6 Å². The van der Waals surface area contributed by atoms with Gasteiger partial charge in [0.25, 0.3) is 0 Å². The molecule has 2 N–H and O–H groups in total. The average Bonchev–Trinajstić information content (AvgIpc) is 2.68. The zero-order valence-electron chi connectivity index (χ0n) is 14.3. The van der Waals surface area contributed by atoms with Gasteiger partial charge in [-0.15, -0.1) is 0 Å². The molecule has 0 fully saturated rings. The smallest absolute Gasteiger partial charge is 0.250 e. The van der Waals surface area contributed by atoms with E-state index in [-0.39, 0.29) is 11.3 Å².